The van der Waals surface area contributed by atoms with E-state index in [0.717, 1.165) is 11.1 Å². The Morgan fingerprint density at radius 3 is 2.08 bits per heavy atom. The van der Waals surface area contributed by atoms with Crippen LogP contribution in [0.1, 0.15) is 52.6 Å². The molecule has 0 saturated carbocycles. The van der Waals surface area contributed by atoms with Gasteiger partial charge in [-0.3, -0.25) is 19.9 Å². The van der Waals surface area contributed by atoms with Crippen LogP contribution in [-0.2, 0) is 13.1 Å². The number of non-ortho nitro benzene ring substituents is 1. The minimum absolute atomic E-state index is 0.0252. The molecule has 2 heterocycles. The molecule has 1 aliphatic heterocycles. The summed E-state index contributed by atoms with van der Waals surface area (Å²) >= 11 is 0. The third-order valence-corrected chi connectivity index (χ3v) is 8.08. The molecular weight excluding hydrogens is 653 g/mol. The fourth-order valence-electron chi connectivity index (χ4n) is 5.81. The molecule has 7 rings (SSSR count). The molecule has 0 unspecified atom stereocenters. The lowest BCUT2D eigenvalue weighted by Gasteiger charge is -2.23. The summed E-state index contributed by atoms with van der Waals surface area (Å²) in [5, 5.41) is 11.5. The van der Waals surface area contributed by atoms with E-state index in [4.69, 9.17) is 14.2 Å². The van der Waals surface area contributed by atoms with Gasteiger partial charge >= 0.3 is 6.16 Å². The lowest BCUT2D eigenvalue weighted by Crippen LogP contribution is -2.23. The van der Waals surface area contributed by atoms with Gasteiger partial charge in [-0.15, -0.1) is 0 Å². The van der Waals surface area contributed by atoms with E-state index in [1.54, 1.807) is 35.4 Å². The van der Waals surface area contributed by atoms with E-state index in [0.29, 0.717) is 16.5 Å². The topological polar surface area (TPSA) is 121 Å². The predicted octanol–water partition coefficient (Wildman–Crippen LogP) is 9.21. The number of hydrogen-bond acceptors (Lipinski definition) is 8. The van der Waals surface area contributed by atoms with E-state index < -0.39 is 28.9 Å². The number of nitrogens with zero attached hydrogens (tertiary/aromatic N) is 3. The molecule has 0 bridgehead atoms. The number of amides is 1. The molecule has 0 radical (unpaired) electrons. The Morgan fingerprint density at radius 2 is 1.47 bits per heavy atom. The third kappa shape index (κ3) is 7.37. The normalized spacial score (nSPS) is 11.8. The Bertz CT molecular complexity index is 2140. The molecule has 10 nitrogen and oxygen atoms in total. The van der Waals surface area contributed by atoms with Crippen molar-refractivity contribution in [2.45, 2.75) is 33.0 Å². The molecule has 0 N–H and O–H groups in total. The summed E-state index contributed by atoms with van der Waals surface area (Å²) in [6, 6.07) is 33.3. The van der Waals surface area contributed by atoms with Crippen molar-refractivity contribution in [3.05, 3.63) is 171 Å². The highest BCUT2D eigenvalue weighted by Gasteiger charge is 2.38. The number of rotatable bonds is 9. The van der Waals surface area contributed by atoms with E-state index in [9.17, 15) is 24.1 Å². The Labute approximate surface area is 292 Å². The third-order valence-electron chi connectivity index (χ3n) is 8.08. The molecule has 0 fully saturated rings. The number of nitro benzene ring substituents is 1. The van der Waals surface area contributed by atoms with E-state index in [1.165, 1.54) is 36.4 Å². The number of carbonyl (C=O) groups excluding carboxylic acids is 2. The first-order valence-corrected chi connectivity index (χ1v) is 16.2. The second-order valence-electron chi connectivity index (χ2n) is 11.2. The van der Waals surface area contributed by atoms with Crippen LogP contribution in [0, 0.1) is 15.9 Å². The molecule has 5 aromatic carbocycles. The van der Waals surface area contributed by atoms with Crippen molar-refractivity contribution < 1.29 is 33.1 Å². The molecule has 256 valence electrons. The molecule has 1 amide bonds. The first kappa shape index (κ1) is 34.3. The minimum Gasteiger partial charge on any atom is -0.478 e. The van der Waals surface area contributed by atoms with Crippen LogP contribution in [0.3, 0.4) is 0 Å². The molecule has 6 aromatic rings. The lowest BCUT2D eigenvalue weighted by molar-refractivity contribution is -0.384. The average Bonchev–Trinajstić information content (AvgIpc) is 3.49. The van der Waals surface area contributed by atoms with Crippen molar-refractivity contribution in [1.82, 2.24) is 9.88 Å². The summed E-state index contributed by atoms with van der Waals surface area (Å²) < 4.78 is 31.7. The number of fused-ring (bicyclic) bond motifs is 2. The number of hydrogen-bond donors (Lipinski definition) is 0. The summed E-state index contributed by atoms with van der Waals surface area (Å²) in [4.78, 5) is 44.2. The molecular formula is C40H32FN3O7. The molecule has 1 aliphatic rings. The van der Waals surface area contributed by atoms with Gasteiger partial charge in [-0.2, -0.15) is 0 Å². The average molecular weight is 686 g/mol. The summed E-state index contributed by atoms with van der Waals surface area (Å²) in [5.74, 6) is -0.496. The molecule has 0 saturated heterocycles. The smallest absolute Gasteiger partial charge is 0.478 e. The number of halogens is 1. The summed E-state index contributed by atoms with van der Waals surface area (Å²) in [6.07, 6.45) is -0.198. The van der Waals surface area contributed by atoms with Gasteiger partial charge in [-0.1, -0.05) is 86.6 Å². The number of ether oxygens (including phenoxy) is 3. The van der Waals surface area contributed by atoms with Crippen molar-refractivity contribution in [2.24, 2.45) is 0 Å². The maximum absolute atomic E-state index is 14.3. The lowest BCUT2D eigenvalue weighted by atomic mass is 9.99. The van der Waals surface area contributed by atoms with Crippen molar-refractivity contribution in [2.75, 3.05) is 0 Å². The van der Waals surface area contributed by atoms with E-state index >= 15 is 0 Å². The standard InChI is InChI=1S/C38H26FN3O7.C2H6/c39-27-15-13-24(14-16-27)22-41-23-31-32(37(41)43)36(48-34(25-8-3-1-4-9-25)26-10-5-2-6-11-26)33-30(12-7-21-40-33)35(31)49-38(44)47-29-19-17-28(18-20-29)42(45)46;1-2/h1-21,34H,22-23H2;1-2H3. The van der Waals surface area contributed by atoms with Gasteiger partial charge in [0.2, 0.25) is 0 Å². The first-order chi connectivity index (χ1) is 24.9. The fraction of sp³-hybridized carbons (Fsp3) is 0.125. The van der Waals surface area contributed by atoms with Crippen molar-refractivity contribution in [3.8, 4) is 17.2 Å². The van der Waals surface area contributed by atoms with Crippen LogP contribution in [0.25, 0.3) is 10.9 Å². The van der Waals surface area contributed by atoms with Gasteiger partial charge in [0.15, 0.2) is 5.75 Å². The fourth-order valence-corrected chi connectivity index (χ4v) is 5.81. The number of nitro groups is 1. The second kappa shape index (κ2) is 15.3. The van der Waals surface area contributed by atoms with Gasteiger partial charge in [0.1, 0.15) is 28.9 Å². The zero-order valence-corrected chi connectivity index (χ0v) is 27.7. The zero-order valence-electron chi connectivity index (χ0n) is 27.7. The molecule has 1 aromatic heterocycles. The zero-order chi connectivity index (χ0) is 35.9. The van der Waals surface area contributed by atoms with E-state index in [2.05, 4.69) is 4.98 Å². The highest BCUT2D eigenvalue weighted by Crippen LogP contribution is 2.46. The highest BCUT2D eigenvalue weighted by atomic mass is 19.1. The first-order valence-electron chi connectivity index (χ1n) is 16.2. The number of aromatic nitrogens is 1. The quantitative estimate of drug-likeness (QED) is 0.0639. The molecule has 11 heteroatoms. The van der Waals surface area contributed by atoms with Crippen molar-refractivity contribution in [1.29, 1.82) is 0 Å². The van der Waals surface area contributed by atoms with Crippen LogP contribution in [0.2, 0.25) is 0 Å². The van der Waals surface area contributed by atoms with E-state index in [1.807, 2.05) is 74.5 Å². The second-order valence-corrected chi connectivity index (χ2v) is 11.2. The van der Waals surface area contributed by atoms with Crippen LogP contribution in [0.15, 0.2) is 128 Å². The number of benzene rings is 5. The van der Waals surface area contributed by atoms with E-state index in [-0.39, 0.29) is 47.1 Å². The predicted molar refractivity (Wildman–Crippen MR) is 188 cm³/mol. The van der Waals surface area contributed by atoms with Crippen LogP contribution < -0.4 is 14.2 Å². The van der Waals surface area contributed by atoms with Crippen molar-refractivity contribution in [3.63, 3.8) is 0 Å². The van der Waals surface area contributed by atoms with Gasteiger partial charge in [-0.05, 0) is 53.1 Å². The van der Waals surface area contributed by atoms with Gasteiger partial charge in [0.05, 0.1) is 17.0 Å². The Morgan fingerprint density at radius 1 is 0.843 bits per heavy atom. The maximum Gasteiger partial charge on any atom is 0.519 e. The van der Waals surface area contributed by atoms with Gasteiger partial charge in [-0.25, -0.2) is 9.18 Å². The highest BCUT2D eigenvalue weighted by molar-refractivity contribution is 6.09. The molecule has 0 atom stereocenters. The summed E-state index contributed by atoms with van der Waals surface area (Å²) in [7, 11) is 0. The van der Waals surface area contributed by atoms with Crippen LogP contribution in [-0.4, -0.2) is 26.9 Å². The summed E-state index contributed by atoms with van der Waals surface area (Å²) in [5.41, 5.74) is 3.04. The van der Waals surface area contributed by atoms with Gasteiger partial charge in [0.25, 0.3) is 11.6 Å². The van der Waals surface area contributed by atoms with Crippen LogP contribution in [0.5, 0.6) is 17.2 Å². The van der Waals surface area contributed by atoms with Crippen LogP contribution in [0.4, 0.5) is 14.9 Å². The molecule has 0 aliphatic carbocycles. The monoisotopic (exact) mass is 685 g/mol. The van der Waals surface area contributed by atoms with Gasteiger partial charge < -0.3 is 19.1 Å². The number of carbonyl (C=O) groups is 2. The van der Waals surface area contributed by atoms with Crippen LogP contribution >= 0.6 is 0 Å². The van der Waals surface area contributed by atoms with Crippen molar-refractivity contribution >= 4 is 28.7 Å². The van der Waals surface area contributed by atoms with Gasteiger partial charge in [0, 0.05) is 35.8 Å². The molecule has 51 heavy (non-hydrogen) atoms. The summed E-state index contributed by atoms with van der Waals surface area (Å²) in [6.45, 7) is 4.18. The maximum atomic E-state index is 14.3. The largest absolute Gasteiger partial charge is 0.519 e. The minimum atomic E-state index is -1.12. The Balaban J connectivity index is 0.00000220. The Kier molecular flexibility index (Phi) is 10.3. The number of pyridine rings is 1. The molecule has 0 spiro atoms. The SMILES string of the molecule is CC.O=C(Oc1ccc([N+](=O)[O-])cc1)Oc1c2c(c(OC(c3ccccc3)c3ccccc3)c3ncccc13)C(=O)N(Cc1ccc(F)cc1)C2. The Hall–Kier alpha value is -6.62.